The SMILES string of the molecule is Cc1cccc(COc2c(Cl)cc(/C=C(/C#N)c3nc4ccc(F)cc4[nH]3)cc2Cl)c1. The summed E-state index contributed by atoms with van der Waals surface area (Å²) in [4.78, 5) is 7.31. The van der Waals surface area contributed by atoms with Crippen molar-refractivity contribution in [3.63, 3.8) is 0 Å². The number of nitriles is 1. The van der Waals surface area contributed by atoms with Crippen molar-refractivity contribution in [3.05, 3.63) is 93.0 Å². The van der Waals surface area contributed by atoms with Gasteiger partial charge in [-0.25, -0.2) is 9.37 Å². The van der Waals surface area contributed by atoms with E-state index in [0.717, 1.165) is 11.1 Å². The van der Waals surface area contributed by atoms with Gasteiger partial charge >= 0.3 is 0 Å². The van der Waals surface area contributed by atoms with E-state index in [1.807, 2.05) is 31.2 Å². The quantitative estimate of drug-likeness (QED) is 0.333. The second-order valence-corrected chi connectivity index (χ2v) is 7.82. The maximum absolute atomic E-state index is 13.4. The first kappa shape index (κ1) is 20.9. The Balaban J connectivity index is 1.61. The Bertz CT molecular complexity index is 1330. The summed E-state index contributed by atoms with van der Waals surface area (Å²) >= 11 is 12.8. The van der Waals surface area contributed by atoms with Crippen LogP contribution in [0.1, 0.15) is 22.5 Å². The lowest BCUT2D eigenvalue weighted by Gasteiger charge is -2.11. The van der Waals surface area contributed by atoms with Crippen LogP contribution in [0, 0.1) is 24.1 Å². The van der Waals surface area contributed by atoms with E-state index >= 15 is 0 Å². The molecular weight excluding hydrogens is 436 g/mol. The van der Waals surface area contributed by atoms with Gasteiger partial charge in [0.25, 0.3) is 0 Å². The van der Waals surface area contributed by atoms with Crippen molar-refractivity contribution in [2.75, 3.05) is 0 Å². The van der Waals surface area contributed by atoms with Crippen LogP contribution in [0.2, 0.25) is 10.0 Å². The molecule has 0 saturated carbocycles. The summed E-state index contributed by atoms with van der Waals surface area (Å²) in [6, 6.07) is 17.6. The molecule has 0 fully saturated rings. The molecule has 0 aliphatic heterocycles. The summed E-state index contributed by atoms with van der Waals surface area (Å²) in [6.07, 6.45) is 1.61. The van der Waals surface area contributed by atoms with Gasteiger partial charge < -0.3 is 9.72 Å². The Morgan fingerprint density at radius 2 is 1.94 bits per heavy atom. The maximum Gasteiger partial charge on any atom is 0.157 e. The highest BCUT2D eigenvalue weighted by atomic mass is 35.5. The number of aryl methyl sites for hydroxylation is 1. The van der Waals surface area contributed by atoms with Crippen LogP contribution in [-0.4, -0.2) is 9.97 Å². The largest absolute Gasteiger partial charge is 0.486 e. The third-order valence-electron chi connectivity index (χ3n) is 4.62. The number of nitrogens with one attached hydrogen (secondary N) is 1. The molecule has 0 unspecified atom stereocenters. The average molecular weight is 452 g/mol. The van der Waals surface area contributed by atoms with Crippen LogP contribution in [0.4, 0.5) is 4.39 Å². The summed E-state index contributed by atoms with van der Waals surface area (Å²) in [5.41, 5.74) is 4.08. The summed E-state index contributed by atoms with van der Waals surface area (Å²) in [5, 5.41) is 10.3. The van der Waals surface area contributed by atoms with Gasteiger partial charge in [-0.3, -0.25) is 0 Å². The number of ether oxygens (including phenoxy) is 1. The predicted octanol–water partition coefficient (Wildman–Crippen LogP) is 6.96. The van der Waals surface area contributed by atoms with Crippen LogP contribution in [0.25, 0.3) is 22.7 Å². The van der Waals surface area contributed by atoms with E-state index in [4.69, 9.17) is 27.9 Å². The molecule has 0 bridgehead atoms. The lowest BCUT2D eigenvalue weighted by atomic mass is 10.1. The van der Waals surface area contributed by atoms with Crippen molar-refractivity contribution in [1.29, 1.82) is 5.26 Å². The summed E-state index contributed by atoms with van der Waals surface area (Å²) in [5.74, 6) is 0.319. The number of aromatic nitrogens is 2. The number of fused-ring (bicyclic) bond motifs is 1. The highest BCUT2D eigenvalue weighted by molar-refractivity contribution is 6.37. The molecule has 1 N–H and O–H groups in total. The number of halogens is 3. The number of benzene rings is 3. The van der Waals surface area contributed by atoms with E-state index in [1.165, 1.54) is 12.1 Å². The molecule has 1 aromatic heterocycles. The van der Waals surface area contributed by atoms with Gasteiger partial charge in [0, 0.05) is 0 Å². The topological polar surface area (TPSA) is 61.7 Å². The highest BCUT2D eigenvalue weighted by Crippen LogP contribution is 2.36. The number of H-pyrrole nitrogens is 1. The Labute approximate surface area is 188 Å². The number of aromatic amines is 1. The smallest absolute Gasteiger partial charge is 0.157 e. The first-order valence-electron chi connectivity index (χ1n) is 9.38. The van der Waals surface area contributed by atoms with Crippen LogP contribution < -0.4 is 4.74 Å². The molecule has 0 atom stereocenters. The molecule has 4 aromatic rings. The molecule has 0 aliphatic rings. The Hall–Kier alpha value is -3.33. The molecule has 31 heavy (non-hydrogen) atoms. The third kappa shape index (κ3) is 4.72. The minimum absolute atomic E-state index is 0.261. The zero-order chi connectivity index (χ0) is 22.0. The van der Waals surface area contributed by atoms with Crippen molar-refractivity contribution in [1.82, 2.24) is 9.97 Å². The summed E-state index contributed by atoms with van der Waals surface area (Å²) < 4.78 is 19.3. The van der Waals surface area contributed by atoms with Crippen molar-refractivity contribution in [2.24, 2.45) is 0 Å². The Morgan fingerprint density at radius 1 is 1.16 bits per heavy atom. The second-order valence-electron chi connectivity index (χ2n) is 7.01. The van der Waals surface area contributed by atoms with Gasteiger partial charge in [0.1, 0.15) is 24.3 Å². The molecule has 4 nitrogen and oxygen atoms in total. The third-order valence-corrected chi connectivity index (χ3v) is 5.18. The Morgan fingerprint density at radius 3 is 2.65 bits per heavy atom. The van der Waals surface area contributed by atoms with E-state index < -0.39 is 0 Å². The van der Waals surface area contributed by atoms with E-state index in [9.17, 15) is 9.65 Å². The fraction of sp³-hybridized carbons (Fsp3) is 0.0833. The van der Waals surface area contributed by atoms with Crippen LogP contribution >= 0.6 is 23.2 Å². The van der Waals surface area contributed by atoms with Crippen molar-refractivity contribution in [2.45, 2.75) is 13.5 Å². The lowest BCUT2D eigenvalue weighted by molar-refractivity contribution is 0.306. The minimum Gasteiger partial charge on any atom is -0.486 e. The molecule has 0 aliphatic carbocycles. The van der Waals surface area contributed by atoms with Gasteiger partial charge in [0.15, 0.2) is 5.75 Å². The molecular formula is C24H16Cl2FN3O. The number of hydrogen-bond acceptors (Lipinski definition) is 3. The molecule has 0 saturated heterocycles. The zero-order valence-corrected chi connectivity index (χ0v) is 17.9. The van der Waals surface area contributed by atoms with Crippen molar-refractivity contribution in [3.8, 4) is 11.8 Å². The summed E-state index contributed by atoms with van der Waals surface area (Å²) in [7, 11) is 0. The molecule has 4 rings (SSSR count). The van der Waals surface area contributed by atoms with Gasteiger partial charge in [0.05, 0.1) is 26.7 Å². The molecule has 0 amide bonds. The first-order chi connectivity index (χ1) is 14.9. The number of hydrogen-bond donors (Lipinski definition) is 1. The van der Waals surface area contributed by atoms with Crippen molar-refractivity contribution < 1.29 is 9.13 Å². The zero-order valence-electron chi connectivity index (χ0n) is 16.4. The van der Waals surface area contributed by atoms with E-state index in [1.54, 1.807) is 24.3 Å². The van der Waals surface area contributed by atoms with Crippen molar-refractivity contribution >= 4 is 45.9 Å². The van der Waals surface area contributed by atoms with Crippen LogP contribution in [-0.2, 0) is 6.61 Å². The van der Waals surface area contributed by atoms with Gasteiger partial charge in [-0.2, -0.15) is 5.26 Å². The number of allylic oxidation sites excluding steroid dienone is 1. The van der Waals surface area contributed by atoms with E-state index in [0.29, 0.717) is 44.8 Å². The summed E-state index contributed by atoms with van der Waals surface area (Å²) in [6.45, 7) is 2.34. The van der Waals surface area contributed by atoms with Gasteiger partial charge in [-0.15, -0.1) is 0 Å². The molecule has 7 heteroatoms. The maximum atomic E-state index is 13.4. The number of rotatable bonds is 5. The Kier molecular flexibility index (Phi) is 5.94. The van der Waals surface area contributed by atoms with Crippen LogP contribution in [0.15, 0.2) is 54.6 Å². The van der Waals surface area contributed by atoms with Gasteiger partial charge in [0.2, 0.25) is 0 Å². The minimum atomic E-state index is -0.384. The first-order valence-corrected chi connectivity index (χ1v) is 10.1. The predicted molar refractivity (Wildman–Crippen MR) is 122 cm³/mol. The fourth-order valence-electron chi connectivity index (χ4n) is 3.19. The standard InChI is InChI=1S/C24H16Cl2FN3O/c1-14-3-2-4-15(7-14)13-31-23-19(25)9-16(10-20(23)26)8-17(12-28)24-29-21-6-5-18(27)11-22(21)30-24/h2-11H,13H2,1H3,(H,29,30)/b17-8-. The van der Waals surface area contributed by atoms with Crippen LogP contribution in [0.3, 0.4) is 0 Å². The number of nitrogens with zero attached hydrogens (tertiary/aromatic N) is 2. The molecule has 3 aromatic carbocycles. The highest BCUT2D eigenvalue weighted by Gasteiger charge is 2.13. The molecule has 0 radical (unpaired) electrons. The second kappa shape index (κ2) is 8.81. The van der Waals surface area contributed by atoms with Gasteiger partial charge in [-0.1, -0.05) is 53.0 Å². The van der Waals surface area contributed by atoms with Crippen LogP contribution in [0.5, 0.6) is 5.75 Å². The number of imidazole rings is 1. The lowest BCUT2D eigenvalue weighted by Crippen LogP contribution is -1.97. The average Bonchev–Trinajstić information content (AvgIpc) is 3.14. The fourth-order valence-corrected chi connectivity index (χ4v) is 3.80. The normalized spacial score (nSPS) is 11.5. The van der Waals surface area contributed by atoms with E-state index in [-0.39, 0.29) is 11.4 Å². The monoisotopic (exact) mass is 451 g/mol. The molecule has 154 valence electrons. The van der Waals surface area contributed by atoms with E-state index in [2.05, 4.69) is 16.0 Å². The van der Waals surface area contributed by atoms with Gasteiger partial charge in [-0.05, 0) is 54.5 Å². The molecule has 0 spiro atoms. The molecule has 1 heterocycles.